The molecule has 1 aliphatic heterocycles. The van der Waals surface area contributed by atoms with Gasteiger partial charge in [0.1, 0.15) is 5.60 Å². The molecule has 2 N–H and O–H groups in total. The van der Waals surface area contributed by atoms with Gasteiger partial charge in [-0.05, 0) is 57.7 Å². The highest BCUT2D eigenvalue weighted by atomic mass is 35.5. The maximum absolute atomic E-state index is 12.4. The minimum atomic E-state index is -0.485. The van der Waals surface area contributed by atoms with Crippen LogP contribution in [-0.2, 0) is 11.2 Å². The molecule has 1 aromatic rings. The number of hydrogen-bond donors (Lipinski definition) is 1. The molecule has 1 aromatic carbocycles. The molecule has 4 nitrogen and oxygen atoms in total. The standard InChI is InChI=1S/C17H25ClN2O2/c1-17(2,3)22-16(21)20-9-8-14(19)11-15(20)10-12-4-6-13(18)7-5-12/h4-7,14-15H,8-11,19H2,1-3H3/t14-,15+/m1/s1. The van der Waals surface area contributed by atoms with Crippen LogP contribution in [0.15, 0.2) is 24.3 Å². The Kier molecular flexibility index (Phi) is 5.35. The number of halogens is 1. The van der Waals surface area contributed by atoms with E-state index in [0.717, 1.165) is 24.8 Å². The molecule has 5 heteroatoms. The van der Waals surface area contributed by atoms with Gasteiger partial charge in [0.25, 0.3) is 0 Å². The largest absolute Gasteiger partial charge is 0.444 e. The van der Waals surface area contributed by atoms with E-state index in [2.05, 4.69) is 0 Å². The van der Waals surface area contributed by atoms with Crippen molar-refractivity contribution >= 4 is 17.7 Å². The molecule has 0 aliphatic carbocycles. The molecule has 0 aromatic heterocycles. The fraction of sp³-hybridized carbons (Fsp3) is 0.588. The maximum Gasteiger partial charge on any atom is 0.410 e. The summed E-state index contributed by atoms with van der Waals surface area (Å²) in [6, 6.07) is 7.94. The van der Waals surface area contributed by atoms with Crippen molar-refractivity contribution in [2.24, 2.45) is 5.73 Å². The van der Waals surface area contributed by atoms with E-state index < -0.39 is 5.60 Å². The molecule has 0 radical (unpaired) electrons. The van der Waals surface area contributed by atoms with Gasteiger partial charge in [0.2, 0.25) is 0 Å². The third-order valence-corrected chi connectivity index (χ3v) is 4.02. The lowest BCUT2D eigenvalue weighted by Crippen LogP contribution is -2.51. The van der Waals surface area contributed by atoms with Crippen LogP contribution >= 0.6 is 11.6 Å². The number of likely N-dealkylation sites (tertiary alicyclic amines) is 1. The second-order valence-electron chi connectivity index (χ2n) is 6.94. The van der Waals surface area contributed by atoms with E-state index in [4.69, 9.17) is 22.1 Å². The van der Waals surface area contributed by atoms with Crippen molar-refractivity contribution in [2.75, 3.05) is 6.54 Å². The maximum atomic E-state index is 12.4. The van der Waals surface area contributed by atoms with E-state index >= 15 is 0 Å². The number of rotatable bonds is 2. The lowest BCUT2D eigenvalue weighted by atomic mass is 9.93. The summed E-state index contributed by atoms with van der Waals surface area (Å²) < 4.78 is 5.52. The Bertz CT molecular complexity index is 510. The van der Waals surface area contributed by atoms with Crippen molar-refractivity contribution in [3.63, 3.8) is 0 Å². The molecular formula is C17H25ClN2O2. The average molecular weight is 325 g/mol. The zero-order valence-electron chi connectivity index (χ0n) is 13.5. The Hall–Kier alpha value is -1.26. The Morgan fingerprint density at radius 2 is 2.00 bits per heavy atom. The fourth-order valence-electron chi connectivity index (χ4n) is 2.73. The molecule has 1 aliphatic rings. The van der Waals surface area contributed by atoms with Crippen LogP contribution in [0.3, 0.4) is 0 Å². The molecule has 2 rings (SSSR count). The van der Waals surface area contributed by atoms with E-state index in [-0.39, 0.29) is 18.2 Å². The molecule has 1 fully saturated rings. The predicted octanol–water partition coefficient (Wildman–Crippen LogP) is 3.61. The van der Waals surface area contributed by atoms with Gasteiger partial charge in [-0.1, -0.05) is 23.7 Å². The number of benzene rings is 1. The summed E-state index contributed by atoms with van der Waals surface area (Å²) >= 11 is 5.92. The number of amides is 1. The number of carbonyl (C=O) groups is 1. The molecule has 0 saturated carbocycles. The quantitative estimate of drug-likeness (QED) is 0.904. The summed E-state index contributed by atoms with van der Waals surface area (Å²) in [5, 5.41) is 0.716. The van der Waals surface area contributed by atoms with Crippen molar-refractivity contribution in [3.05, 3.63) is 34.9 Å². The highest BCUT2D eigenvalue weighted by molar-refractivity contribution is 6.30. The minimum Gasteiger partial charge on any atom is -0.444 e. The zero-order chi connectivity index (χ0) is 16.3. The topological polar surface area (TPSA) is 55.6 Å². The second-order valence-corrected chi connectivity index (χ2v) is 7.38. The van der Waals surface area contributed by atoms with Crippen molar-refractivity contribution < 1.29 is 9.53 Å². The van der Waals surface area contributed by atoms with Crippen LogP contribution in [0.5, 0.6) is 0 Å². The van der Waals surface area contributed by atoms with Crippen LogP contribution in [0.2, 0.25) is 5.02 Å². The molecule has 0 bridgehead atoms. The Labute approximate surface area is 137 Å². The Morgan fingerprint density at radius 1 is 1.36 bits per heavy atom. The summed E-state index contributed by atoms with van der Waals surface area (Å²) in [4.78, 5) is 14.2. The van der Waals surface area contributed by atoms with Gasteiger partial charge in [0.15, 0.2) is 0 Å². The van der Waals surface area contributed by atoms with Crippen molar-refractivity contribution in [1.29, 1.82) is 0 Å². The molecular weight excluding hydrogens is 300 g/mol. The molecule has 0 unspecified atom stereocenters. The van der Waals surface area contributed by atoms with Gasteiger partial charge in [0.05, 0.1) is 0 Å². The van der Waals surface area contributed by atoms with Crippen molar-refractivity contribution in [1.82, 2.24) is 4.90 Å². The highest BCUT2D eigenvalue weighted by Gasteiger charge is 2.33. The zero-order valence-corrected chi connectivity index (χ0v) is 14.3. The van der Waals surface area contributed by atoms with E-state index in [1.807, 2.05) is 49.9 Å². The first-order chi connectivity index (χ1) is 10.2. The first-order valence-corrected chi connectivity index (χ1v) is 8.12. The van der Waals surface area contributed by atoms with Crippen LogP contribution in [0.25, 0.3) is 0 Å². The van der Waals surface area contributed by atoms with Crippen LogP contribution in [-0.4, -0.2) is 35.2 Å². The Morgan fingerprint density at radius 3 is 2.59 bits per heavy atom. The van der Waals surface area contributed by atoms with Gasteiger partial charge in [-0.3, -0.25) is 0 Å². The Balaban J connectivity index is 2.09. The van der Waals surface area contributed by atoms with E-state index in [1.165, 1.54) is 0 Å². The molecule has 122 valence electrons. The number of ether oxygens (including phenoxy) is 1. The summed E-state index contributed by atoms with van der Waals surface area (Å²) in [6.45, 7) is 6.30. The third kappa shape index (κ3) is 4.89. The number of hydrogen-bond acceptors (Lipinski definition) is 3. The smallest absolute Gasteiger partial charge is 0.410 e. The van der Waals surface area contributed by atoms with Crippen molar-refractivity contribution in [2.45, 2.75) is 57.7 Å². The van der Waals surface area contributed by atoms with Gasteiger partial charge >= 0.3 is 6.09 Å². The lowest BCUT2D eigenvalue weighted by Gasteiger charge is -2.39. The van der Waals surface area contributed by atoms with Crippen LogP contribution in [0.4, 0.5) is 4.79 Å². The van der Waals surface area contributed by atoms with Crippen LogP contribution < -0.4 is 5.73 Å². The van der Waals surface area contributed by atoms with E-state index in [1.54, 1.807) is 0 Å². The summed E-state index contributed by atoms with van der Waals surface area (Å²) in [7, 11) is 0. The monoisotopic (exact) mass is 324 g/mol. The molecule has 22 heavy (non-hydrogen) atoms. The molecule has 1 saturated heterocycles. The van der Waals surface area contributed by atoms with Gasteiger partial charge in [0, 0.05) is 23.7 Å². The highest BCUT2D eigenvalue weighted by Crippen LogP contribution is 2.23. The number of carbonyl (C=O) groups excluding carboxylic acids is 1. The van der Waals surface area contributed by atoms with Gasteiger partial charge in [-0.25, -0.2) is 4.79 Å². The second kappa shape index (κ2) is 6.88. The SMILES string of the molecule is CC(C)(C)OC(=O)N1CC[C@@H](N)C[C@@H]1Cc1ccc(Cl)cc1. The first kappa shape index (κ1) is 17.1. The summed E-state index contributed by atoms with van der Waals surface area (Å²) in [5.74, 6) is 0. The number of nitrogens with zero attached hydrogens (tertiary/aromatic N) is 1. The summed E-state index contributed by atoms with van der Waals surface area (Å²) in [5.41, 5.74) is 6.76. The van der Waals surface area contributed by atoms with Gasteiger partial charge in [-0.2, -0.15) is 0 Å². The molecule has 2 atom stereocenters. The minimum absolute atomic E-state index is 0.0692. The van der Waals surface area contributed by atoms with Gasteiger partial charge < -0.3 is 15.4 Å². The lowest BCUT2D eigenvalue weighted by molar-refractivity contribution is 0.00844. The van der Waals surface area contributed by atoms with Crippen LogP contribution in [0, 0.1) is 0 Å². The normalized spacial score (nSPS) is 22.5. The van der Waals surface area contributed by atoms with Crippen molar-refractivity contribution in [3.8, 4) is 0 Å². The number of piperidine rings is 1. The average Bonchev–Trinajstić information content (AvgIpc) is 2.39. The fourth-order valence-corrected chi connectivity index (χ4v) is 2.86. The third-order valence-electron chi connectivity index (χ3n) is 3.77. The predicted molar refractivity (Wildman–Crippen MR) is 89.1 cm³/mol. The molecule has 0 spiro atoms. The van der Waals surface area contributed by atoms with Gasteiger partial charge in [-0.15, -0.1) is 0 Å². The van der Waals surface area contributed by atoms with E-state index in [0.29, 0.717) is 11.6 Å². The molecule has 1 heterocycles. The number of nitrogens with two attached hydrogens (primary N) is 1. The first-order valence-electron chi connectivity index (χ1n) is 7.74. The van der Waals surface area contributed by atoms with Crippen LogP contribution in [0.1, 0.15) is 39.2 Å². The molecule has 1 amide bonds. The summed E-state index contributed by atoms with van der Waals surface area (Å²) in [6.07, 6.45) is 2.13. The van der Waals surface area contributed by atoms with E-state index in [9.17, 15) is 4.79 Å².